The van der Waals surface area contributed by atoms with E-state index >= 15 is 0 Å². The van der Waals surface area contributed by atoms with Crippen LogP contribution in [0.1, 0.15) is 16.9 Å². The zero-order valence-corrected chi connectivity index (χ0v) is 12.5. The van der Waals surface area contributed by atoms with Crippen molar-refractivity contribution < 1.29 is 9.15 Å². The molecule has 3 nitrogen and oxygen atoms in total. The second kappa shape index (κ2) is 7.27. The van der Waals surface area contributed by atoms with Crippen molar-refractivity contribution in [2.24, 2.45) is 0 Å². The summed E-state index contributed by atoms with van der Waals surface area (Å²) in [4.78, 5) is 12.1. The lowest BCUT2D eigenvalue weighted by Gasteiger charge is -2.07. The van der Waals surface area contributed by atoms with E-state index in [-0.39, 0.29) is 11.2 Å². The fourth-order valence-electron chi connectivity index (χ4n) is 2.14. The molecular formula is C20H16O3. The Labute approximate surface area is 134 Å². The summed E-state index contributed by atoms with van der Waals surface area (Å²) < 4.78 is 11.1. The van der Waals surface area contributed by atoms with Gasteiger partial charge in [-0.1, -0.05) is 66.7 Å². The lowest BCUT2D eigenvalue weighted by atomic mass is 10.2. The molecule has 3 rings (SSSR count). The predicted octanol–water partition coefficient (Wildman–Crippen LogP) is 4.39. The van der Waals surface area contributed by atoms with Gasteiger partial charge in [-0.05, 0) is 17.2 Å². The van der Waals surface area contributed by atoms with E-state index in [9.17, 15) is 4.79 Å². The Morgan fingerprint density at radius 3 is 2.30 bits per heavy atom. The van der Waals surface area contributed by atoms with E-state index in [0.29, 0.717) is 12.4 Å². The van der Waals surface area contributed by atoms with Crippen molar-refractivity contribution in [1.29, 1.82) is 0 Å². The molecule has 3 aromatic rings. The molecule has 114 valence electrons. The zero-order valence-electron chi connectivity index (χ0n) is 12.5. The van der Waals surface area contributed by atoms with Crippen LogP contribution in [-0.2, 0) is 6.61 Å². The molecular weight excluding hydrogens is 288 g/mol. The monoisotopic (exact) mass is 304 g/mol. The largest absolute Gasteiger partial charge is 0.481 e. The maximum Gasteiger partial charge on any atom is 0.227 e. The Hall–Kier alpha value is -3.07. The summed E-state index contributed by atoms with van der Waals surface area (Å²) in [6.07, 6.45) is 5.01. The quantitative estimate of drug-likeness (QED) is 0.702. The van der Waals surface area contributed by atoms with Crippen molar-refractivity contribution in [2.45, 2.75) is 6.61 Å². The molecule has 23 heavy (non-hydrogen) atoms. The Bertz CT molecular complexity index is 834. The van der Waals surface area contributed by atoms with Gasteiger partial charge >= 0.3 is 0 Å². The minimum absolute atomic E-state index is 0.195. The molecule has 0 spiro atoms. The van der Waals surface area contributed by atoms with Gasteiger partial charge in [0.15, 0.2) is 5.76 Å². The fraction of sp³-hybridized carbons (Fsp3) is 0.0500. The van der Waals surface area contributed by atoms with E-state index in [0.717, 1.165) is 11.1 Å². The first-order chi connectivity index (χ1) is 11.3. The molecule has 0 atom stereocenters. The third kappa shape index (κ3) is 3.98. The molecule has 0 aliphatic heterocycles. The minimum atomic E-state index is -0.195. The number of hydrogen-bond donors (Lipinski definition) is 0. The van der Waals surface area contributed by atoms with Gasteiger partial charge in [0.25, 0.3) is 0 Å². The maximum atomic E-state index is 12.1. The van der Waals surface area contributed by atoms with E-state index in [4.69, 9.17) is 9.15 Å². The highest BCUT2D eigenvalue weighted by Crippen LogP contribution is 2.18. The molecule has 2 aromatic carbocycles. The molecule has 0 fully saturated rings. The van der Waals surface area contributed by atoms with Gasteiger partial charge in [0.05, 0.1) is 6.26 Å². The topological polar surface area (TPSA) is 39.4 Å². The lowest BCUT2D eigenvalue weighted by molar-refractivity contribution is 0.290. The normalized spacial score (nSPS) is 10.8. The second-order valence-corrected chi connectivity index (χ2v) is 5.00. The van der Waals surface area contributed by atoms with Gasteiger partial charge in [0.1, 0.15) is 6.61 Å². The zero-order chi connectivity index (χ0) is 15.9. The number of ether oxygens (including phenoxy) is 1. The van der Waals surface area contributed by atoms with Crippen molar-refractivity contribution in [1.82, 2.24) is 0 Å². The van der Waals surface area contributed by atoms with Gasteiger partial charge in [0.2, 0.25) is 11.2 Å². The van der Waals surface area contributed by atoms with E-state index < -0.39 is 0 Å². The lowest BCUT2D eigenvalue weighted by Crippen LogP contribution is -2.08. The van der Waals surface area contributed by atoms with Crippen molar-refractivity contribution in [2.75, 3.05) is 0 Å². The summed E-state index contributed by atoms with van der Waals surface area (Å²) >= 11 is 0. The van der Waals surface area contributed by atoms with E-state index in [1.807, 2.05) is 66.7 Å². The molecule has 1 heterocycles. The summed E-state index contributed by atoms with van der Waals surface area (Å²) in [6, 6.07) is 20.9. The molecule has 0 saturated heterocycles. The van der Waals surface area contributed by atoms with E-state index in [1.54, 1.807) is 6.08 Å². The summed E-state index contributed by atoms with van der Waals surface area (Å²) in [7, 11) is 0. The average molecular weight is 304 g/mol. The van der Waals surface area contributed by atoms with E-state index in [1.165, 1.54) is 12.3 Å². The van der Waals surface area contributed by atoms with Gasteiger partial charge in [-0.2, -0.15) is 0 Å². The Kier molecular flexibility index (Phi) is 4.69. The van der Waals surface area contributed by atoms with Crippen LogP contribution in [0.2, 0.25) is 0 Å². The second-order valence-electron chi connectivity index (χ2n) is 5.00. The van der Waals surface area contributed by atoms with Crippen molar-refractivity contribution in [3.8, 4) is 5.75 Å². The van der Waals surface area contributed by atoms with Crippen LogP contribution in [-0.4, -0.2) is 0 Å². The van der Waals surface area contributed by atoms with E-state index in [2.05, 4.69) is 0 Å². The molecule has 0 amide bonds. The highest BCUT2D eigenvalue weighted by Gasteiger charge is 2.08. The van der Waals surface area contributed by atoms with Crippen molar-refractivity contribution >= 4 is 12.2 Å². The minimum Gasteiger partial charge on any atom is -0.481 e. The molecule has 0 saturated carbocycles. The third-order valence-corrected chi connectivity index (χ3v) is 3.31. The highest BCUT2D eigenvalue weighted by molar-refractivity contribution is 5.69. The van der Waals surface area contributed by atoms with Gasteiger partial charge < -0.3 is 9.15 Å². The van der Waals surface area contributed by atoms with Gasteiger partial charge in [-0.15, -0.1) is 0 Å². The first kappa shape index (κ1) is 14.9. The Balaban J connectivity index is 1.82. The molecule has 0 aliphatic rings. The molecule has 1 aromatic heterocycles. The third-order valence-electron chi connectivity index (χ3n) is 3.31. The van der Waals surface area contributed by atoms with Crippen LogP contribution >= 0.6 is 0 Å². The molecule has 3 heteroatoms. The smallest absolute Gasteiger partial charge is 0.227 e. The van der Waals surface area contributed by atoms with Gasteiger partial charge in [0, 0.05) is 6.07 Å². The maximum absolute atomic E-state index is 12.1. The Morgan fingerprint density at radius 1 is 0.870 bits per heavy atom. The van der Waals surface area contributed by atoms with Crippen LogP contribution in [0, 0.1) is 0 Å². The SMILES string of the molecule is O=c1ccoc(C=Cc2ccccc2)c1OCc1ccccc1. The van der Waals surface area contributed by atoms with Gasteiger partial charge in [-0.3, -0.25) is 4.79 Å². The highest BCUT2D eigenvalue weighted by atomic mass is 16.5. The first-order valence-electron chi connectivity index (χ1n) is 7.34. The van der Waals surface area contributed by atoms with Gasteiger partial charge in [-0.25, -0.2) is 0 Å². The molecule has 0 unspecified atom stereocenters. The molecule has 0 radical (unpaired) electrons. The van der Waals surface area contributed by atoms with Crippen LogP contribution in [0.15, 0.2) is 82.2 Å². The number of rotatable bonds is 5. The molecule has 0 N–H and O–H groups in total. The van der Waals surface area contributed by atoms with Crippen molar-refractivity contribution in [3.05, 3.63) is 100 Å². The van der Waals surface area contributed by atoms with Crippen molar-refractivity contribution in [3.63, 3.8) is 0 Å². The van der Waals surface area contributed by atoms with Crippen LogP contribution in [0.4, 0.5) is 0 Å². The standard InChI is InChI=1S/C20H16O3/c21-18-13-14-22-19(12-11-16-7-3-1-4-8-16)20(18)23-15-17-9-5-2-6-10-17/h1-14H,15H2. The Morgan fingerprint density at radius 2 is 1.57 bits per heavy atom. The number of hydrogen-bond acceptors (Lipinski definition) is 3. The fourth-order valence-corrected chi connectivity index (χ4v) is 2.14. The predicted molar refractivity (Wildman–Crippen MR) is 91.1 cm³/mol. The summed E-state index contributed by atoms with van der Waals surface area (Å²) in [5.74, 6) is 0.640. The number of benzene rings is 2. The molecule has 0 bridgehead atoms. The first-order valence-corrected chi connectivity index (χ1v) is 7.34. The van der Waals surface area contributed by atoms with Crippen LogP contribution in [0.25, 0.3) is 12.2 Å². The summed E-state index contributed by atoms with van der Waals surface area (Å²) in [5.41, 5.74) is 1.82. The average Bonchev–Trinajstić information content (AvgIpc) is 2.61. The summed E-state index contributed by atoms with van der Waals surface area (Å²) in [6.45, 7) is 0.321. The van der Waals surface area contributed by atoms with Crippen LogP contribution in [0.3, 0.4) is 0 Å². The summed E-state index contributed by atoms with van der Waals surface area (Å²) in [5, 5.41) is 0. The molecule has 0 aliphatic carbocycles. The van der Waals surface area contributed by atoms with Crippen LogP contribution in [0.5, 0.6) is 5.75 Å². The van der Waals surface area contributed by atoms with Crippen LogP contribution < -0.4 is 10.2 Å².